The van der Waals surface area contributed by atoms with Gasteiger partial charge in [0.1, 0.15) is 0 Å². The first-order valence-corrected chi connectivity index (χ1v) is 9.87. The van der Waals surface area contributed by atoms with E-state index in [0.717, 1.165) is 55.4 Å². The maximum atomic E-state index is 12.6. The van der Waals surface area contributed by atoms with Gasteiger partial charge in [-0.1, -0.05) is 23.5 Å². The first-order chi connectivity index (χ1) is 12.7. The fourth-order valence-corrected chi connectivity index (χ4v) is 4.41. The van der Waals surface area contributed by atoms with Crippen molar-refractivity contribution in [2.45, 2.75) is 19.3 Å². The van der Waals surface area contributed by atoms with Gasteiger partial charge in [0.2, 0.25) is 5.91 Å². The van der Waals surface area contributed by atoms with Gasteiger partial charge in [0.15, 0.2) is 5.13 Å². The number of para-hydroxylation sites is 1. The van der Waals surface area contributed by atoms with E-state index >= 15 is 0 Å². The highest BCUT2D eigenvalue weighted by Gasteiger charge is 2.21. The number of rotatable bonds is 4. The van der Waals surface area contributed by atoms with Crippen LogP contribution >= 0.6 is 11.3 Å². The van der Waals surface area contributed by atoms with Crippen molar-refractivity contribution in [3.63, 3.8) is 0 Å². The van der Waals surface area contributed by atoms with Gasteiger partial charge in [-0.3, -0.25) is 9.48 Å². The maximum Gasteiger partial charge on any atom is 0.223 e. The molecule has 3 aromatic rings. The van der Waals surface area contributed by atoms with Crippen LogP contribution in [0.3, 0.4) is 0 Å². The molecular formula is C19H23N5OS. The second kappa shape index (κ2) is 7.45. The molecule has 0 unspecified atom stereocenters. The van der Waals surface area contributed by atoms with E-state index in [1.54, 1.807) is 17.5 Å². The Morgan fingerprint density at radius 3 is 2.85 bits per heavy atom. The van der Waals surface area contributed by atoms with Gasteiger partial charge in [-0.25, -0.2) is 4.98 Å². The zero-order valence-corrected chi connectivity index (χ0v) is 15.8. The number of carbonyl (C=O) groups is 1. The van der Waals surface area contributed by atoms with Gasteiger partial charge in [0, 0.05) is 51.5 Å². The van der Waals surface area contributed by atoms with Gasteiger partial charge in [-0.05, 0) is 31.0 Å². The quantitative estimate of drug-likeness (QED) is 0.710. The molecule has 0 bridgehead atoms. The lowest BCUT2D eigenvalue weighted by atomic mass is 10.2. The average Bonchev–Trinajstić information content (AvgIpc) is 3.18. The third kappa shape index (κ3) is 3.58. The van der Waals surface area contributed by atoms with Crippen LogP contribution in [0.25, 0.3) is 10.2 Å². The summed E-state index contributed by atoms with van der Waals surface area (Å²) in [5.41, 5.74) is 2.16. The van der Waals surface area contributed by atoms with E-state index in [1.165, 1.54) is 4.70 Å². The molecule has 0 atom stereocenters. The van der Waals surface area contributed by atoms with Crippen LogP contribution in [0, 0.1) is 0 Å². The summed E-state index contributed by atoms with van der Waals surface area (Å²) in [4.78, 5) is 21.7. The second-order valence-corrected chi connectivity index (χ2v) is 7.64. The molecule has 3 heterocycles. The topological polar surface area (TPSA) is 54.3 Å². The molecule has 1 fully saturated rings. The predicted molar refractivity (Wildman–Crippen MR) is 105 cm³/mol. The van der Waals surface area contributed by atoms with E-state index in [2.05, 4.69) is 28.2 Å². The second-order valence-electron chi connectivity index (χ2n) is 6.63. The molecule has 0 spiro atoms. The molecule has 0 aliphatic carbocycles. The molecule has 26 heavy (non-hydrogen) atoms. The summed E-state index contributed by atoms with van der Waals surface area (Å²) in [5.74, 6) is 0.234. The Labute approximate surface area is 157 Å². The van der Waals surface area contributed by atoms with Crippen LogP contribution in [0.15, 0.2) is 36.5 Å². The Hall–Kier alpha value is -2.41. The molecule has 1 aliphatic heterocycles. The van der Waals surface area contributed by atoms with Crippen molar-refractivity contribution in [2.24, 2.45) is 7.05 Å². The van der Waals surface area contributed by atoms with Crippen molar-refractivity contribution in [3.05, 3.63) is 42.2 Å². The lowest BCUT2D eigenvalue weighted by Crippen LogP contribution is -2.35. The lowest BCUT2D eigenvalue weighted by Gasteiger charge is -2.21. The average molecular weight is 369 g/mol. The SMILES string of the molecule is Cn1nccc1CCC(=O)N1CCCN(c2nc3ccccc3s2)CC1. The molecule has 1 saturated heterocycles. The number of fused-ring (bicyclic) bond motifs is 1. The van der Waals surface area contributed by atoms with E-state index in [-0.39, 0.29) is 5.91 Å². The number of aromatic nitrogens is 3. The van der Waals surface area contributed by atoms with Crippen LogP contribution in [0.2, 0.25) is 0 Å². The Morgan fingerprint density at radius 1 is 1.15 bits per heavy atom. The Kier molecular flexibility index (Phi) is 4.88. The Morgan fingerprint density at radius 2 is 2.04 bits per heavy atom. The number of benzene rings is 1. The minimum absolute atomic E-state index is 0.234. The van der Waals surface area contributed by atoms with Crippen LogP contribution < -0.4 is 4.90 Å². The normalized spacial score (nSPS) is 15.4. The monoisotopic (exact) mass is 369 g/mol. The van der Waals surface area contributed by atoms with Crippen LogP contribution in [0.5, 0.6) is 0 Å². The summed E-state index contributed by atoms with van der Waals surface area (Å²) in [6.07, 6.45) is 4.04. The van der Waals surface area contributed by atoms with E-state index in [4.69, 9.17) is 4.98 Å². The minimum atomic E-state index is 0.234. The third-order valence-corrected chi connectivity index (χ3v) is 6.02. The minimum Gasteiger partial charge on any atom is -0.346 e. The summed E-state index contributed by atoms with van der Waals surface area (Å²) >= 11 is 1.73. The van der Waals surface area contributed by atoms with E-state index in [9.17, 15) is 4.79 Å². The van der Waals surface area contributed by atoms with Crippen LogP contribution in [0.1, 0.15) is 18.5 Å². The fraction of sp³-hybridized carbons (Fsp3) is 0.421. The number of nitrogens with zero attached hydrogens (tertiary/aromatic N) is 5. The van der Waals surface area contributed by atoms with Gasteiger partial charge in [0.05, 0.1) is 10.2 Å². The highest BCUT2D eigenvalue weighted by molar-refractivity contribution is 7.22. The number of amides is 1. The lowest BCUT2D eigenvalue weighted by molar-refractivity contribution is -0.130. The maximum absolute atomic E-state index is 12.6. The van der Waals surface area contributed by atoms with Gasteiger partial charge >= 0.3 is 0 Å². The molecule has 1 aromatic carbocycles. The van der Waals surface area contributed by atoms with Crippen molar-refractivity contribution >= 4 is 32.6 Å². The highest BCUT2D eigenvalue weighted by atomic mass is 32.1. The largest absolute Gasteiger partial charge is 0.346 e. The smallest absolute Gasteiger partial charge is 0.223 e. The molecular weight excluding hydrogens is 346 g/mol. The molecule has 4 rings (SSSR count). The number of hydrogen-bond donors (Lipinski definition) is 0. The molecule has 0 radical (unpaired) electrons. The zero-order valence-electron chi connectivity index (χ0n) is 15.0. The summed E-state index contributed by atoms with van der Waals surface area (Å²) in [6, 6.07) is 10.2. The van der Waals surface area contributed by atoms with Crippen molar-refractivity contribution < 1.29 is 4.79 Å². The number of thiazole rings is 1. The molecule has 0 N–H and O–H groups in total. The van der Waals surface area contributed by atoms with E-state index in [1.807, 2.05) is 28.8 Å². The standard InChI is InChI=1S/C19H23N5OS/c1-22-15(9-10-20-22)7-8-18(25)23-11-4-12-24(14-13-23)19-21-16-5-2-3-6-17(16)26-19/h2-3,5-6,9-10H,4,7-8,11-14H2,1H3. The fourth-order valence-electron chi connectivity index (χ4n) is 3.39. The third-order valence-electron chi connectivity index (χ3n) is 4.92. The van der Waals surface area contributed by atoms with E-state index < -0.39 is 0 Å². The van der Waals surface area contributed by atoms with Crippen molar-refractivity contribution in [1.29, 1.82) is 0 Å². The summed E-state index contributed by atoms with van der Waals surface area (Å²) in [7, 11) is 1.92. The molecule has 1 aliphatic rings. The van der Waals surface area contributed by atoms with Crippen molar-refractivity contribution in [3.8, 4) is 0 Å². The van der Waals surface area contributed by atoms with E-state index in [0.29, 0.717) is 6.42 Å². The molecule has 1 amide bonds. The first-order valence-electron chi connectivity index (χ1n) is 9.06. The number of carbonyl (C=O) groups excluding carboxylic acids is 1. The van der Waals surface area contributed by atoms with Gasteiger partial charge < -0.3 is 9.80 Å². The predicted octanol–water partition coefficient (Wildman–Crippen LogP) is 2.70. The molecule has 136 valence electrons. The van der Waals surface area contributed by atoms with Crippen molar-refractivity contribution in [1.82, 2.24) is 19.7 Å². The number of anilines is 1. The first kappa shape index (κ1) is 17.0. The molecule has 6 nitrogen and oxygen atoms in total. The Bertz CT molecular complexity index is 869. The molecule has 7 heteroatoms. The summed E-state index contributed by atoms with van der Waals surface area (Å²) in [5, 5.41) is 5.23. The van der Waals surface area contributed by atoms with Crippen LogP contribution in [-0.4, -0.2) is 51.8 Å². The van der Waals surface area contributed by atoms with Gasteiger partial charge in [-0.15, -0.1) is 0 Å². The molecule has 2 aromatic heterocycles. The van der Waals surface area contributed by atoms with Gasteiger partial charge in [0.25, 0.3) is 0 Å². The highest BCUT2D eigenvalue weighted by Crippen LogP contribution is 2.29. The van der Waals surface area contributed by atoms with Crippen LogP contribution in [-0.2, 0) is 18.3 Å². The number of hydrogen-bond acceptors (Lipinski definition) is 5. The summed E-state index contributed by atoms with van der Waals surface area (Å²) in [6.45, 7) is 3.38. The van der Waals surface area contributed by atoms with Gasteiger partial charge in [-0.2, -0.15) is 5.10 Å². The molecule has 0 saturated carbocycles. The zero-order chi connectivity index (χ0) is 17.9. The van der Waals surface area contributed by atoms with Crippen LogP contribution in [0.4, 0.5) is 5.13 Å². The van der Waals surface area contributed by atoms with Crippen molar-refractivity contribution in [2.75, 3.05) is 31.1 Å². The number of aryl methyl sites for hydroxylation is 2. The Balaban J connectivity index is 1.36. The summed E-state index contributed by atoms with van der Waals surface area (Å²) < 4.78 is 3.06.